The van der Waals surface area contributed by atoms with Crippen LogP contribution >= 0.6 is 7.60 Å². The molecule has 8 heteroatoms. The molecule has 1 aromatic carbocycles. The van der Waals surface area contributed by atoms with Gasteiger partial charge in [-0.15, -0.1) is 6.42 Å². The van der Waals surface area contributed by atoms with Crippen LogP contribution < -0.4 is 0 Å². The van der Waals surface area contributed by atoms with Crippen LogP contribution in [0.25, 0.3) is 0 Å². The fourth-order valence-electron chi connectivity index (χ4n) is 1.57. The van der Waals surface area contributed by atoms with Crippen LogP contribution in [0.2, 0.25) is 0 Å². The summed E-state index contributed by atoms with van der Waals surface area (Å²) in [6, 6.07) is 6.38. The third-order valence-electron chi connectivity index (χ3n) is 2.88. The van der Waals surface area contributed by atoms with E-state index in [9.17, 15) is 13.0 Å². The average molecular weight is 355 g/mol. The van der Waals surface area contributed by atoms with E-state index >= 15 is 0 Å². The van der Waals surface area contributed by atoms with Gasteiger partial charge >= 0.3 is 7.60 Å². The van der Waals surface area contributed by atoms with Crippen molar-refractivity contribution in [2.75, 3.05) is 27.3 Å². The second-order valence-corrected chi connectivity index (χ2v) is 8.33. The van der Waals surface area contributed by atoms with Crippen molar-refractivity contribution in [1.82, 2.24) is 4.31 Å². The Morgan fingerprint density at radius 2 is 1.74 bits per heavy atom. The van der Waals surface area contributed by atoms with E-state index in [4.69, 9.17) is 6.42 Å². The molecule has 0 aliphatic carbocycles. The molecule has 124 valence electrons. The van der Waals surface area contributed by atoms with Crippen molar-refractivity contribution < 1.29 is 22.0 Å². The number of hydrogen-bond donors (Lipinski definition) is 0. The Morgan fingerprint density at radius 1 is 1.17 bits per heavy atom. The van der Waals surface area contributed by atoms with Crippen molar-refractivity contribution in [1.29, 1.82) is 0 Å². The van der Waals surface area contributed by atoms with Crippen molar-refractivity contribution in [3.8, 4) is 23.9 Å². The van der Waals surface area contributed by atoms with Gasteiger partial charge in [-0.05, 0) is 19.1 Å². The first-order chi connectivity index (χ1) is 10.8. The summed E-state index contributed by atoms with van der Waals surface area (Å²) in [5, 5.41) is 0. The summed E-state index contributed by atoms with van der Waals surface area (Å²) in [7, 11) is -4.92. The van der Waals surface area contributed by atoms with Gasteiger partial charge < -0.3 is 9.05 Å². The number of sulfonamides is 1. The summed E-state index contributed by atoms with van der Waals surface area (Å²) < 4.78 is 47.3. The van der Waals surface area contributed by atoms with Gasteiger partial charge in [-0.25, -0.2) is 13.0 Å². The van der Waals surface area contributed by atoms with Gasteiger partial charge in [-0.2, -0.15) is 4.31 Å². The number of rotatable bonds is 6. The maximum atomic E-state index is 12.6. The molecule has 0 bridgehead atoms. The van der Waals surface area contributed by atoms with Crippen LogP contribution in [0.1, 0.15) is 5.56 Å². The highest BCUT2D eigenvalue weighted by Crippen LogP contribution is 2.44. The van der Waals surface area contributed by atoms with E-state index < -0.39 is 17.6 Å². The summed E-state index contributed by atoms with van der Waals surface area (Å²) in [5.74, 6) is 4.77. The molecule has 0 heterocycles. The van der Waals surface area contributed by atoms with Crippen LogP contribution in [0.15, 0.2) is 29.2 Å². The van der Waals surface area contributed by atoms with Crippen molar-refractivity contribution >= 4 is 17.6 Å². The average Bonchev–Trinajstić information content (AvgIpc) is 2.54. The standard InChI is InChI=1S/C15H18NO5PS/c1-5-11-16(12-6-13-22(17,20-3)21-4)23(18,19)15-9-7-14(2)8-10-15/h1,7-10H,11-12H2,2-4H3. The lowest BCUT2D eigenvalue weighted by molar-refractivity contribution is 0.288. The van der Waals surface area contributed by atoms with Crippen LogP contribution in [0.5, 0.6) is 0 Å². The predicted molar refractivity (Wildman–Crippen MR) is 88.2 cm³/mol. The summed E-state index contributed by atoms with van der Waals surface area (Å²) in [5.41, 5.74) is 3.24. The second kappa shape index (κ2) is 8.31. The maximum absolute atomic E-state index is 12.6. The van der Waals surface area contributed by atoms with Gasteiger partial charge in [0.05, 0.1) is 18.0 Å². The molecule has 0 aliphatic rings. The highest BCUT2D eigenvalue weighted by atomic mass is 32.2. The van der Waals surface area contributed by atoms with Crippen molar-refractivity contribution in [2.45, 2.75) is 11.8 Å². The molecule has 0 fully saturated rings. The van der Waals surface area contributed by atoms with Crippen LogP contribution in [-0.2, 0) is 23.6 Å². The first-order valence-corrected chi connectivity index (χ1v) is 9.49. The van der Waals surface area contributed by atoms with Gasteiger partial charge in [-0.3, -0.25) is 0 Å². The Balaban J connectivity index is 3.08. The molecule has 0 radical (unpaired) electrons. The Labute approximate surface area is 137 Å². The Kier molecular flexibility index (Phi) is 7.02. The molecule has 0 N–H and O–H groups in total. The first kappa shape index (κ1) is 19.4. The first-order valence-electron chi connectivity index (χ1n) is 6.51. The molecule has 0 unspecified atom stereocenters. The largest absolute Gasteiger partial charge is 0.405 e. The number of terminal acetylenes is 1. The Morgan fingerprint density at radius 3 is 2.22 bits per heavy atom. The number of aryl methyl sites for hydroxylation is 1. The second-order valence-electron chi connectivity index (χ2n) is 4.44. The van der Waals surface area contributed by atoms with E-state index in [2.05, 4.69) is 26.5 Å². The monoisotopic (exact) mass is 355 g/mol. The third-order valence-corrected chi connectivity index (χ3v) is 6.08. The predicted octanol–water partition coefficient (Wildman–Crippen LogP) is 2.07. The zero-order chi connectivity index (χ0) is 17.5. The lowest BCUT2D eigenvalue weighted by atomic mass is 10.2. The molecule has 0 atom stereocenters. The fourth-order valence-corrected chi connectivity index (χ4v) is 3.43. The molecule has 6 nitrogen and oxygen atoms in total. The normalized spacial score (nSPS) is 11.6. The fraction of sp³-hybridized carbons (Fsp3) is 0.333. The maximum Gasteiger partial charge on any atom is 0.405 e. The molecular weight excluding hydrogens is 337 g/mol. The van der Waals surface area contributed by atoms with Crippen LogP contribution in [-0.4, -0.2) is 40.0 Å². The van der Waals surface area contributed by atoms with Crippen molar-refractivity contribution in [3.63, 3.8) is 0 Å². The van der Waals surface area contributed by atoms with Gasteiger partial charge in [0.1, 0.15) is 0 Å². The minimum absolute atomic E-state index is 0.113. The number of hydrogen-bond acceptors (Lipinski definition) is 5. The molecule has 1 aromatic rings. The van der Waals surface area contributed by atoms with Crippen molar-refractivity contribution in [2.24, 2.45) is 0 Å². The van der Waals surface area contributed by atoms with Gasteiger partial charge in [-0.1, -0.05) is 29.5 Å². The molecule has 23 heavy (non-hydrogen) atoms. The van der Waals surface area contributed by atoms with Gasteiger partial charge in [0.2, 0.25) is 10.0 Å². The van der Waals surface area contributed by atoms with Crippen LogP contribution in [0, 0.1) is 30.8 Å². The van der Waals surface area contributed by atoms with E-state index in [0.717, 1.165) is 9.87 Å². The lowest BCUT2D eigenvalue weighted by Crippen LogP contribution is -2.31. The minimum atomic E-state index is -3.79. The number of nitrogens with zero attached hydrogens (tertiary/aromatic N) is 1. The zero-order valence-corrected chi connectivity index (χ0v) is 14.9. The van der Waals surface area contributed by atoms with E-state index in [1.165, 1.54) is 26.4 Å². The SMILES string of the molecule is C#CCN(CC#CP(=O)(OC)OC)S(=O)(=O)c1ccc(C)cc1. The lowest BCUT2D eigenvalue weighted by Gasteiger charge is -2.17. The molecule has 0 aliphatic heterocycles. The smallest absolute Gasteiger partial charge is 0.303 e. The van der Waals surface area contributed by atoms with E-state index in [-0.39, 0.29) is 18.0 Å². The summed E-state index contributed by atoms with van der Waals surface area (Å²) >= 11 is 0. The van der Waals surface area contributed by atoms with Crippen LogP contribution in [0.4, 0.5) is 0 Å². The van der Waals surface area contributed by atoms with Gasteiger partial charge in [0.25, 0.3) is 0 Å². The Bertz CT molecular complexity index is 776. The molecule has 0 amide bonds. The van der Waals surface area contributed by atoms with E-state index in [0.29, 0.717) is 0 Å². The Hall–Kier alpha value is -1.60. The quantitative estimate of drug-likeness (QED) is 0.577. The molecule has 0 saturated carbocycles. The van der Waals surface area contributed by atoms with Crippen LogP contribution in [0.3, 0.4) is 0 Å². The molecule has 0 saturated heterocycles. The number of benzene rings is 1. The molecule has 1 rings (SSSR count). The van der Waals surface area contributed by atoms with Gasteiger partial charge in [0, 0.05) is 19.9 Å². The van der Waals surface area contributed by atoms with Crippen molar-refractivity contribution in [3.05, 3.63) is 29.8 Å². The molecule has 0 spiro atoms. The summed E-state index contributed by atoms with van der Waals surface area (Å²) in [4.78, 5) is 0.113. The minimum Gasteiger partial charge on any atom is -0.303 e. The van der Waals surface area contributed by atoms with Gasteiger partial charge in [0.15, 0.2) is 0 Å². The zero-order valence-electron chi connectivity index (χ0n) is 13.1. The highest BCUT2D eigenvalue weighted by molar-refractivity contribution is 7.89. The molecule has 0 aromatic heterocycles. The topological polar surface area (TPSA) is 72.9 Å². The van der Waals surface area contributed by atoms with E-state index in [1.54, 1.807) is 12.1 Å². The third kappa shape index (κ3) is 5.21. The van der Waals surface area contributed by atoms with E-state index in [1.807, 2.05) is 6.92 Å². The summed E-state index contributed by atoms with van der Waals surface area (Å²) in [6.45, 7) is 1.47. The molecular formula is C15H18NO5PS. The summed E-state index contributed by atoms with van der Waals surface area (Å²) in [6.07, 6.45) is 5.23. The highest BCUT2D eigenvalue weighted by Gasteiger charge is 2.23.